The molecule has 0 bridgehead atoms. The van der Waals surface area contributed by atoms with Crippen LogP contribution in [0.15, 0.2) is 18.2 Å². The molecule has 0 spiro atoms. The van der Waals surface area contributed by atoms with Crippen LogP contribution in [0.25, 0.3) is 0 Å². The number of benzene rings is 1. The predicted octanol–water partition coefficient (Wildman–Crippen LogP) is 4.47. The minimum absolute atomic E-state index is 0.251. The molecular formula is C18H24N2S. The van der Waals surface area contributed by atoms with Gasteiger partial charge in [0, 0.05) is 10.9 Å². The standard InChI is InChI=1S/C18H24N2S/c1-5-16-13(4)21-18(20-16)17(19-15-8-9-15)14-7-6-11(2)12(3)10-14/h6-7,10,15,17,19H,5,8-9H2,1-4H3. The van der Waals surface area contributed by atoms with E-state index in [0.29, 0.717) is 6.04 Å². The van der Waals surface area contributed by atoms with E-state index in [9.17, 15) is 0 Å². The minimum atomic E-state index is 0.251. The Hall–Kier alpha value is -1.19. The third-order valence-electron chi connectivity index (χ3n) is 4.34. The van der Waals surface area contributed by atoms with Crippen molar-refractivity contribution < 1.29 is 0 Å². The van der Waals surface area contributed by atoms with Crippen molar-refractivity contribution in [2.75, 3.05) is 0 Å². The van der Waals surface area contributed by atoms with Crippen LogP contribution in [0.3, 0.4) is 0 Å². The van der Waals surface area contributed by atoms with Gasteiger partial charge in [0.2, 0.25) is 0 Å². The quantitative estimate of drug-likeness (QED) is 0.881. The van der Waals surface area contributed by atoms with Crippen molar-refractivity contribution in [1.29, 1.82) is 0 Å². The summed E-state index contributed by atoms with van der Waals surface area (Å²) in [7, 11) is 0. The fourth-order valence-electron chi connectivity index (χ4n) is 2.64. The molecule has 1 aromatic heterocycles. The lowest BCUT2D eigenvalue weighted by Gasteiger charge is -2.18. The fraction of sp³-hybridized carbons (Fsp3) is 0.500. The predicted molar refractivity (Wildman–Crippen MR) is 90.1 cm³/mol. The van der Waals surface area contributed by atoms with Crippen molar-refractivity contribution in [3.8, 4) is 0 Å². The first kappa shape index (κ1) is 14.7. The van der Waals surface area contributed by atoms with E-state index < -0.39 is 0 Å². The molecule has 2 nitrogen and oxygen atoms in total. The summed E-state index contributed by atoms with van der Waals surface area (Å²) < 4.78 is 0. The Morgan fingerprint density at radius 3 is 2.57 bits per heavy atom. The molecule has 0 saturated heterocycles. The molecule has 0 radical (unpaired) electrons. The molecular weight excluding hydrogens is 276 g/mol. The maximum atomic E-state index is 4.89. The van der Waals surface area contributed by atoms with E-state index in [2.05, 4.69) is 51.2 Å². The molecule has 1 unspecified atom stereocenters. The van der Waals surface area contributed by atoms with Crippen molar-refractivity contribution in [3.05, 3.63) is 50.5 Å². The molecule has 3 heteroatoms. The van der Waals surface area contributed by atoms with Crippen molar-refractivity contribution in [2.45, 2.75) is 59.0 Å². The maximum absolute atomic E-state index is 4.89. The summed E-state index contributed by atoms with van der Waals surface area (Å²) in [6.45, 7) is 8.74. The molecule has 2 aromatic rings. The van der Waals surface area contributed by atoms with Crippen LogP contribution in [0.2, 0.25) is 0 Å². The topological polar surface area (TPSA) is 24.9 Å². The number of nitrogens with one attached hydrogen (secondary N) is 1. The molecule has 1 fully saturated rings. The Morgan fingerprint density at radius 2 is 2.00 bits per heavy atom. The molecule has 1 aliphatic carbocycles. The molecule has 3 rings (SSSR count). The van der Waals surface area contributed by atoms with E-state index in [1.807, 2.05) is 11.3 Å². The van der Waals surface area contributed by atoms with Crippen LogP contribution in [-0.4, -0.2) is 11.0 Å². The van der Waals surface area contributed by atoms with Gasteiger partial charge >= 0.3 is 0 Å². The van der Waals surface area contributed by atoms with Gasteiger partial charge in [0.25, 0.3) is 0 Å². The summed E-state index contributed by atoms with van der Waals surface area (Å²) in [5.41, 5.74) is 5.32. The summed E-state index contributed by atoms with van der Waals surface area (Å²) in [4.78, 5) is 6.25. The molecule has 1 aromatic carbocycles. The highest BCUT2D eigenvalue weighted by atomic mass is 32.1. The zero-order valence-corrected chi connectivity index (χ0v) is 14.2. The normalized spacial score (nSPS) is 16.2. The van der Waals surface area contributed by atoms with Gasteiger partial charge in [-0.2, -0.15) is 0 Å². The third-order valence-corrected chi connectivity index (χ3v) is 5.41. The SMILES string of the molecule is CCc1nc(C(NC2CC2)c2ccc(C)c(C)c2)sc1C. The summed E-state index contributed by atoms with van der Waals surface area (Å²) in [5, 5.41) is 5.00. The van der Waals surface area contributed by atoms with Gasteiger partial charge in [-0.15, -0.1) is 11.3 Å². The second kappa shape index (κ2) is 5.90. The van der Waals surface area contributed by atoms with Crippen LogP contribution in [0.1, 0.15) is 58.1 Å². The van der Waals surface area contributed by atoms with Gasteiger partial charge in [-0.25, -0.2) is 4.98 Å². The Bertz CT molecular complexity index is 641. The maximum Gasteiger partial charge on any atom is 0.115 e. The molecule has 1 N–H and O–H groups in total. The molecule has 21 heavy (non-hydrogen) atoms. The molecule has 112 valence electrons. The lowest BCUT2D eigenvalue weighted by molar-refractivity contribution is 0.596. The van der Waals surface area contributed by atoms with Crippen molar-refractivity contribution in [2.24, 2.45) is 0 Å². The highest BCUT2D eigenvalue weighted by molar-refractivity contribution is 7.11. The van der Waals surface area contributed by atoms with Crippen molar-refractivity contribution in [1.82, 2.24) is 10.3 Å². The first-order chi connectivity index (χ1) is 10.1. The number of aryl methyl sites for hydroxylation is 4. The Kier molecular flexibility index (Phi) is 4.14. The Labute approximate surface area is 131 Å². The zero-order valence-electron chi connectivity index (χ0n) is 13.4. The summed E-state index contributed by atoms with van der Waals surface area (Å²) in [6, 6.07) is 7.72. The smallest absolute Gasteiger partial charge is 0.115 e. The summed E-state index contributed by atoms with van der Waals surface area (Å²) in [6.07, 6.45) is 3.62. The number of nitrogens with zero attached hydrogens (tertiary/aromatic N) is 1. The monoisotopic (exact) mass is 300 g/mol. The molecule has 1 atom stereocenters. The second-order valence-electron chi connectivity index (χ2n) is 6.13. The van der Waals surface area contributed by atoms with E-state index >= 15 is 0 Å². The number of aromatic nitrogens is 1. The van der Waals surface area contributed by atoms with E-state index in [-0.39, 0.29) is 6.04 Å². The molecule has 0 aliphatic heterocycles. The first-order valence-electron chi connectivity index (χ1n) is 7.88. The van der Waals surface area contributed by atoms with Gasteiger partial charge in [-0.05, 0) is 56.7 Å². The van der Waals surface area contributed by atoms with Gasteiger partial charge in [0.05, 0.1) is 11.7 Å². The van der Waals surface area contributed by atoms with Crippen LogP contribution in [-0.2, 0) is 6.42 Å². The Balaban J connectivity index is 1.97. The van der Waals surface area contributed by atoms with Crippen LogP contribution < -0.4 is 5.32 Å². The molecule has 1 aliphatic rings. The summed E-state index contributed by atoms with van der Waals surface area (Å²) in [5.74, 6) is 0. The van der Waals surface area contributed by atoms with Crippen molar-refractivity contribution in [3.63, 3.8) is 0 Å². The van der Waals surface area contributed by atoms with Crippen LogP contribution in [0, 0.1) is 20.8 Å². The molecule has 0 amide bonds. The van der Waals surface area contributed by atoms with Crippen LogP contribution >= 0.6 is 11.3 Å². The lowest BCUT2D eigenvalue weighted by Crippen LogP contribution is -2.24. The van der Waals surface area contributed by atoms with Crippen LogP contribution in [0.5, 0.6) is 0 Å². The van der Waals surface area contributed by atoms with Crippen LogP contribution in [0.4, 0.5) is 0 Å². The minimum Gasteiger partial charge on any atom is -0.301 e. The number of hydrogen-bond donors (Lipinski definition) is 1. The molecule has 1 heterocycles. The van der Waals surface area contributed by atoms with E-state index in [1.54, 1.807) is 0 Å². The largest absolute Gasteiger partial charge is 0.301 e. The number of hydrogen-bond acceptors (Lipinski definition) is 3. The van der Waals surface area contributed by atoms with E-state index in [1.165, 1.54) is 45.1 Å². The fourth-order valence-corrected chi connectivity index (χ4v) is 3.74. The van der Waals surface area contributed by atoms with Gasteiger partial charge in [-0.3, -0.25) is 0 Å². The lowest BCUT2D eigenvalue weighted by atomic mass is 10.0. The third kappa shape index (κ3) is 3.19. The summed E-state index contributed by atoms with van der Waals surface area (Å²) >= 11 is 1.85. The number of rotatable bonds is 5. The average Bonchev–Trinajstić information content (AvgIpc) is 3.21. The highest BCUT2D eigenvalue weighted by Gasteiger charge is 2.28. The van der Waals surface area contributed by atoms with Crippen molar-refractivity contribution >= 4 is 11.3 Å². The van der Waals surface area contributed by atoms with Gasteiger partial charge in [-0.1, -0.05) is 25.1 Å². The van der Waals surface area contributed by atoms with Gasteiger partial charge < -0.3 is 5.32 Å². The Morgan fingerprint density at radius 1 is 1.24 bits per heavy atom. The average molecular weight is 300 g/mol. The second-order valence-corrected chi connectivity index (χ2v) is 7.36. The number of thiazole rings is 1. The van der Waals surface area contributed by atoms with Gasteiger partial charge in [0.1, 0.15) is 5.01 Å². The van der Waals surface area contributed by atoms with E-state index in [4.69, 9.17) is 4.98 Å². The first-order valence-corrected chi connectivity index (χ1v) is 8.69. The van der Waals surface area contributed by atoms with E-state index in [0.717, 1.165) is 6.42 Å². The molecule has 1 saturated carbocycles. The highest BCUT2D eigenvalue weighted by Crippen LogP contribution is 2.33. The zero-order chi connectivity index (χ0) is 15.0. The van der Waals surface area contributed by atoms with Gasteiger partial charge in [0.15, 0.2) is 0 Å².